The van der Waals surface area contributed by atoms with Gasteiger partial charge in [0.2, 0.25) is 0 Å². The first-order valence-electron chi connectivity index (χ1n) is 4.91. The highest BCUT2D eigenvalue weighted by molar-refractivity contribution is 5.53. The van der Waals surface area contributed by atoms with E-state index in [1.54, 1.807) is 6.07 Å². The molecule has 9 heteroatoms. The summed E-state index contributed by atoms with van der Waals surface area (Å²) in [6.07, 6.45) is 1.13. The van der Waals surface area contributed by atoms with Crippen LogP contribution in [0.3, 0.4) is 0 Å². The Kier molecular flexibility index (Phi) is 3.07. The number of nitriles is 1. The number of hydrogen-bond donors (Lipinski definition) is 0. The highest BCUT2D eigenvalue weighted by atomic mass is 19.1. The zero-order valence-corrected chi connectivity index (χ0v) is 9.57. The van der Waals surface area contributed by atoms with Gasteiger partial charge in [-0.1, -0.05) is 0 Å². The molecular weight excluding hydrogens is 257 g/mol. The molecule has 0 amide bonds. The van der Waals surface area contributed by atoms with Crippen molar-refractivity contribution in [1.82, 2.24) is 14.8 Å². The minimum Gasteiger partial charge on any atom is -0.490 e. The van der Waals surface area contributed by atoms with E-state index < -0.39 is 16.4 Å². The van der Waals surface area contributed by atoms with Crippen molar-refractivity contribution in [2.24, 2.45) is 0 Å². The monoisotopic (exact) mass is 263 g/mol. The van der Waals surface area contributed by atoms with Gasteiger partial charge in [0, 0.05) is 6.07 Å². The minimum atomic E-state index is -0.873. The Labute approximate surface area is 105 Å². The van der Waals surface area contributed by atoms with E-state index in [0.717, 1.165) is 23.1 Å². The minimum absolute atomic E-state index is 0.101. The number of aromatic nitrogens is 3. The van der Waals surface area contributed by atoms with Crippen LogP contribution in [0.2, 0.25) is 0 Å². The first-order valence-corrected chi connectivity index (χ1v) is 4.91. The van der Waals surface area contributed by atoms with Crippen molar-refractivity contribution in [1.29, 1.82) is 5.26 Å². The van der Waals surface area contributed by atoms with Gasteiger partial charge in [0.05, 0.1) is 18.1 Å². The Morgan fingerprint density at radius 3 is 2.84 bits per heavy atom. The summed E-state index contributed by atoms with van der Waals surface area (Å²) in [6.45, 7) is 0. The lowest BCUT2D eigenvalue weighted by Crippen LogP contribution is -2.02. The standard InChI is InChI=1S/C10H6FN5O3/c1-19-9-3-7(6(11)2-8(9)16(17)18)15-5-13-10(4-12)14-15/h2-3,5H,1H3. The van der Waals surface area contributed by atoms with Crippen LogP contribution in [-0.4, -0.2) is 26.8 Å². The highest BCUT2D eigenvalue weighted by Gasteiger charge is 2.20. The fourth-order valence-electron chi connectivity index (χ4n) is 1.44. The van der Waals surface area contributed by atoms with Gasteiger partial charge in [-0.25, -0.2) is 14.1 Å². The number of nitrogens with zero attached hydrogens (tertiary/aromatic N) is 5. The molecule has 0 spiro atoms. The molecule has 96 valence electrons. The lowest BCUT2D eigenvalue weighted by molar-refractivity contribution is -0.385. The maximum Gasteiger partial charge on any atom is 0.313 e. The Balaban J connectivity index is 2.59. The van der Waals surface area contributed by atoms with E-state index in [4.69, 9.17) is 10.00 Å². The van der Waals surface area contributed by atoms with E-state index >= 15 is 0 Å². The quantitative estimate of drug-likeness (QED) is 0.608. The van der Waals surface area contributed by atoms with Gasteiger partial charge in [-0.15, -0.1) is 5.10 Å². The van der Waals surface area contributed by atoms with Crippen LogP contribution in [0.15, 0.2) is 18.5 Å². The SMILES string of the molecule is COc1cc(-n2cnc(C#N)n2)c(F)cc1[N+](=O)[O-]. The molecule has 0 bridgehead atoms. The van der Waals surface area contributed by atoms with Gasteiger partial charge in [-0.05, 0) is 0 Å². The third kappa shape index (κ3) is 2.19. The molecule has 1 aromatic carbocycles. The van der Waals surface area contributed by atoms with Crippen LogP contribution in [0.5, 0.6) is 5.75 Å². The van der Waals surface area contributed by atoms with Crippen molar-refractivity contribution in [2.45, 2.75) is 0 Å². The summed E-state index contributed by atoms with van der Waals surface area (Å²) in [6, 6.07) is 3.53. The maximum atomic E-state index is 13.8. The molecule has 0 radical (unpaired) electrons. The van der Waals surface area contributed by atoms with Gasteiger partial charge in [-0.2, -0.15) is 5.26 Å². The zero-order valence-electron chi connectivity index (χ0n) is 9.57. The van der Waals surface area contributed by atoms with Crippen molar-refractivity contribution in [2.75, 3.05) is 7.11 Å². The summed E-state index contributed by atoms with van der Waals surface area (Å²) >= 11 is 0. The van der Waals surface area contributed by atoms with Gasteiger partial charge in [-0.3, -0.25) is 10.1 Å². The maximum absolute atomic E-state index is 13.8. The van der Waals surface area contributed by atoms with Crippen LogP contribution >= 0.6 is 0 Å². The molecule has 0 aliphatic carbocycles. The van der Waals surface area contributed by atoms with Crippen LogP contribution in [0.1, 0.15) is 5.82 Å². The Bertz CT molecular complexity index is 691. The molecule has 0 saturated heterocycles. The second-order valence-corrected chi connectivity index (χ2v) is 3.36. The molecule has 0 saturated carbocycles. The fraction of sp³-hybridized carbons (Fsp3) is 0.100. The van der Waals surface area contributed by atoms with Crippen molar-refractivity contribution in [3.8, 4) is 17.5 Å². The second-order valence-electron chi connectivity index (χ2n) is 3.36. The number of ether oxygens (including phenoxy) is 1. The number of methoxy groups -OCH3 is 1. The van der Waals surface area contributed by atoms with E-state index in [1.165, 1.54) is 7.11 Å². The van der Waals surface area contributed by atoms with Crippen LogP contribution in [0, 0.1) is 27.3 Å². The van der Waals surface area contributed by atoms with Crippen LogP contribution in [-0.2, 0) is 0 Å². The van der Waals surface area contributed by atoms with E-state index in [0.29, 0.717) is 0 Å². The molecule has 0 aliphatic heterocycles. The molecule has 0 fully saturated rings. The summed E-state index contributed by atoms with van der Waals surface area (Å²) in [5.74, 6) is -1.13. The fourth-order valence-corrected chi connectivity index (χ4v) is 1.44. The molecular formula is C10H6FN5O3. The predicted molar refractivity (Wildman–Crippen MR) is 59.2 cm³/mol. The molecule has 2 aromatic rings. The lowest BCUT2D eigenvalue weighted by Gasteiger charge is -2.06. The topological polar surface area (TPSA) is 107 Å². The molecule has 0 unspecified atom stereocenters. The Morgan fingerprint density at radius 2 is 2.32 bits per heavy atom. The second kappa shape index (κ2) is 4.69. The van der Waals surface area contributed by atoms with Crippen LogP contribution in [0.4, 0.5) is 10.1 Å². The van der Waals surface area contributed by atoms with E-state index in [-0.39, 0.29) is 17.3 Å². The highest BCUT2D eigenvalue weighted by Crippen LogP contribution is 2.31. The van der Waals surface area contributed by atoms with Crippen molar-refractivity contribution >= 4 is 5.69 Å². The number of nitro groups is 1. The first-order chi connectivity index (χ1) is 9.06. The van der Waals surface area contributed by atoms with Crippen LogP contribution in [0.25, 0.3) is 5.69 Å². The average molecular weight is 263 g/mol. The average Bonchev–Trinajstić information content (AvgIpc) is 2.86. The first kappa shape index (κ1) is 12.4. The molecule has 1 aromatic heterocycles. The molecule has 8 nitrogen and oxygen atoms in total. The third-order valence-corrected chi connectivity index (χ3v) is 2.28. The van der Waals surface area contributed by atoms with Gasteiger partial charge in [0.15, 0.2) is 11.6 Å². The molecule has 0 N–H and O–H groups in total. The van der Waals surface area contributed by atoms with Gasteiger partial charge < -0.3 is 4.74 Å². The van der Waals surface area contributed by atoms with Crippen molar-refractivity contribution in [3.05, 3.63) is 40.2 Å². The molecule has 2 rings (SSSR count). The lowest BCUT2D eigenvalue weighted by atomic mass is 10.2. The smallest absolute Gasteiger partial charge is 0.313 e. The Morgan fingerprint density at radius 1 is 1.58 bits per heavy atom. The third-order valence-electron chi connectivity index (χ3n) is 2.28. The normalized spacial score (nSPS) is 9.95. The van der Waals surface area contributed by atoms with E-state index in [2.05, 4.69) is 10.1 Å². The zero-order chi connectivity index (χ0) is 14.0. The van der Waals surface area contributed by atoms with Crippen molar-refractivity contribution < 1.29 is 14.1 Å². The van der Waals surface area contributed by atoms with Gasteiger partial charge >= 0.3 is 5.69 Å². The number of halogens is 1. The summed E-state index contributed by atoms with van der Waals surface area (Å²) in [7, 11) is 1.23. The van der Waals surface area contributed by atoms with Crippen LogP contribution < -0.4 is 4.74 Å². The van der Waals surface area contributed by atoms with Gasteiger partial charge in [0.25, 0.3) is 5.82 Å². The summed E-state index contributed by atoms with van der Waals surface area (Å²) in [4.78, 5) is 13.6. The summed E-state index contributed by atoms with van der Waals surface area (Å²) < 4.78 is 19.6. The predicted octanol–water partition coefficient (Wildman–Crippen LogP) is 1.19. The number of rotatable bonds is 3. The number of hydrogen-bond acceptors (Lipinski definition) is 6. The largest absolute Gasteiger partial charge is 0.490 e. The number of nitro benzene ring substituents is 1. The summed E-state index contributed by atoms with van der Waals surface area (Å²) in [5.41, 5.74) is -0.596. The van der Waals surface area contributed by atoms with E-state index in [9.17, 15) is 14.5 Å². The number of benzene rings is 1. The molecule has 19 heavy (non-hydrogen) atoms. The van der Waals surface area contributed by atoms with Gasteiger partial charge in [0.1, 0.15) is 18.1 Å². The molecule has 1 heterocycles. The van der Waals surface area contributed by atoms with Crippen molar-refractivity contribution in [3.63, 3.8) is 0 Å². The molecule has 0 atom stereocenters. The van der Waals surface area contributed by atoms with E-state index in [1.807, 2.05) is 0 Å². The Hall–Kier alpha value is -3.02. The molecule has 0 aliphatic rings. The summed E-state index contributed by atoms with van der Waals surface area (Å²) in [5, 5.41) is 23.0.